The van der Waals surface area contributed by atoms with Gasteiger partial charge >= 0.3 is 6.03 Å². The zero-order valence-corrected chi connectivity index (χ0v) is 10.7. The quantitative estimate of drug-likeness (QED) is 0.796. The highest BCUT2D eigenvalue weighted by molar-refractivity contribution is 9.10. The van der Waals surface area contributed by atoms with Gasteiger partial charge in [0, 0.05) is 10.7 Å². The Morgan fingerprint density at radius 3 is 2.88 bits per heavy atom. The number of nitrogens with one attached hydrogen (secondary N) is 3. The third-order valence-electron chi connectivity index (χ3n) is 2.13. The fourth-order valence-corrected chi connectivity index (χ4v) is 1.92. The minimum absolute atomic E-state index is 0.309. The number of anilines is 2. The highest BCUT2D eigenvalue weighted by Gasteiger charge is 2.06. The van der Waals surface area contributed by atoms with Gasteiger partial charge in [-0.25, -0.2) is 4.79 Å². The number of nitrogens with zero attached hydrogens (tertiary/aromatic N) is 1. The van der Waals surface area contributed by atoms with Crippen LogP contribution in [-0.2, 0) is 0 Å². The van der Waals surface area contributed by atoms with Crippen molar-refractivity contribution in [1.29, 1.82) is 0 Å². The van der Waals surface area contributed by atoms with E-state index in [0.717, 1.165) is 15.7 Å². The minimum atomic E-state index is -0.309. The number of benzene rings is 1. The Labute approximate surface area is 107 Å². The molecule has 1 heterocycles. The number of aromatic amines is 1. The van der Waals surface area contributed by atoms with Gasteiger partial charge in [-0.2, -0.15) is 5.10 Å². The van der Waals surface area contributed by atoms with E-state index in [4.69, 9.17) is 0 Å². The van der Waals surface area contributed by atoms with Crippen molar-refractivity contribution < 1.29 is 4.79 Å². The number of rotatable bonds is 2. The molecule has 0 bridgehead atoms. The Bertz CT molecular complexity index is 524. The molecule has 17 heavy (non-hydrogen) atoms. The molecule has 0 fully saturated rings. The molecule has 6 heteroatoms. The van der Waals surface area contributed by atoms with Gasteiger partial charge < -0.3 is 10.6 Å². The molecule has 0 spiro atoms. The third-order valence-corrected chi connectivity index (χ3v) is 2.78. The van der Waals surface area contributed by atoms with Crippen LogP contribution >= 0.6 is 15.9 Å². The van der Waals surface area contributed by atoms with Gasteiger partial charge in [0.05, 0.1) is 17.6 Å². The summed E-state index contributed by atoms with van der Waals surface area (Å²) in [6.07, 6.45) is 3.13. The SMILES string of the molecule is Cc1ccc(NC(=O)Nc2cn[nH]c2)c(Br)c1. The molecule has 0 radical (unpaired) electrons. The molecule has 2 amide bonds. The molecule has 1 aromatic carbocycles. The number of halogens is 1. The molecule has 1 aromatic heterocycles. The van der Waals surface area contributed by atoms with Gasteiger partial charge in [0.15, 0.2) is 0 Å². The number of carbonyl (C=O) groups excluding carboxylic acids is 1. The average molecular weight is 295 g/mol. The lowest BCUT2D eigenvalue weighted by molar-refractivity contribution is 0.262. The standard InChI is InChI=1S/C11H11BrN4O/c1-7-2-3-10(9(12)4-7)16-11(17)15-8-5-13-14-6-8/h2-6H,1H3,(H,13,14)(H2,15,16,17). The van der Waals surface area contributed by atoms with Gasteiger partial charge in [0.2, 0.25) is 0 Å². The number of amides is 2. The van der Waals surface area contributed by atoms with Crippen molar-refractivity contribution in [3.8, 4) is 0 Å². The second-order valence-corrected chi connectivity index (χ2v) is 4.40. The fourth-order valence-electron chi connectivity index (χ4n) is 1.33. The number of H-pyrrole nitrogens is 1. The number of hydrogen-bond acceptors (Lipinski definition) is 2. The number of urea groups is 1. The van der Waals surface area contributed by atoms with Crippen molar-refractivity contribution in [3.05, 3.63) is 40.6 Å². The van der Waals surface area contributed by atoms with E-state index in [1.54, 1.807) is 6.20 Å². The van der Waals surface area contributed by atoms with Crippen LogP contribution in [0.4, 0.5) is 16.2 Å². The first-order valence-electron chi connectivity index (χ1n) is 4.98. The van der Waals surface area contributed by atoms with Gasteiger partial charge in [-0.1, -0.05) is 6.07 Å². The number of aromatic nitrogens is 2. The average Bonchev–Trinajstić information content (AvgIpc) is 2.75. The van der Waals surface area contributed by atoms with Crippen molar-refractivity contribution in [2.24, 2.45) is 0 Å². The monoisotopic (exact) mass is 294 g/mol. The Kier molecular flexibility index (Phi) is 3.43. The maximum Gasteiger partial charge on any atom is 0.323 e. The molecule has 0 unspecified atom stereocenters. The topological polar surface area (TPSA) is 69.8 Å². The number of aryl methyl sites for hydroxylation is 1. The Morgan fingerprint density at radius 1 is 1.41 bits per heavy atom. The Balaban J connectivity index is 2.03. The van der Waals surface area contributed by atoms with Gasteiger partial charge in [-0.3, -0.25) is 5.10 Å². The van der Waals surface area contributed by atoms with Gasteiger partial charge in [-0.05, 0) is 40.5 Å². The highest BCUT2D eigenvalue weighted by Crippen LogP contribution is 2.23. The molecule has 0 saturated heterocycles. The van der Waals surface area contributed by atoms with Crippen LogP contribution in [0.1, 0.15) is 5.56 Å². The summed E-state index contributed by atoms with van der Waals surface area (Å²) < 4.78 is 0.847. The lowest BCUT2D eigenvalue weighted by Gasteiger charge is -2.08. The van der Waals surface area contributed by atoms with E-state index in [2.05, 4.69) is 36.8 Å². The molecule has 0 aliphatic carbocycles. The summed E-state index contributed by atoms with van der Waals surface area (Å²) in [5, 5.41) is 11.7. The summed E-state index contributed by atoms with van der Waals surface area (Å²) in [5.74, 6) is 0. The van der Waals surface area contributed by atoms with Crippen LogP contribution in [-0.4, -0.2) is 16.2 Å². The maximum absolute atomic E-state index is 11.6. The fraction of sp³-hybridized carbons (Fsp3) is 0.0909. The molecular formula is C11H11BrN4O. The molecule has 88 valence electrons. The van der Waals surface area contributed by atoms with Gasteiger partial charge in [-0.15, -0.1) is 0 Å². The van der Waals surface area contributed by atoms with Crippen molar-refractivity contribution in [3.63, 3.8) is 0 Å². The summed E-state index contributed by atoms with van der Waals surface area (Å²) >= 11 is 3.39. The molecule has 3 N–H and O–H groups in total. The molecule has 0 aliphatic rings. The second kappa shape index (κ2) is 5.01. The van der Waals surface area contributed by atoms with E-state index in [-0.39, 0.29) is 6.03 Å². The lowest BCUT2D eigenvalue weighted by Crippen LogP contribution is -2.19. The van der Waals surface area contributed by atoms with Crippen LogP contribution in [0.15, 0.2) is 35.1 Å². The smallest absolute Gasteiger partial charge is 0.307 e. The second-order valence-electron chi connectivity index (χ2n) is 3.55. The zero-order valence-electron chi connectivity index (χ0n) is 9.12. The van der Waals surface area contributed by atoms with Crippen LogP contribution in [0.2, 0.25) is 0 Å². The van der Waals surface area contributed by atoms with Crippen LogP contribution in [0.25, 0.3) is 0 Å². The third kappa shape index (κ3) is 3.07. The molecule has 2 aromatic rings. The van der Waals surface area contributed by atoms with E-state index in [0.29, 0.717) is 5.69 Å². The summed E-state index contributed by atoms with van der Waals surface area (Å²) in [6, 6.07) is 5.40. The molecule has 5 nitrogen and oxygen atoms in total. The summed E-state index contributed by atoms with van der Waals surface area (Å²) in [7, 11) is 0. The van der Waals surface area contributed by atoms with Crippen LogP contribution in [0, 0.1) is 6.92 Å². The maximum atomic E-state index is 11.6. The van der Waals surface area contributed by atoms with Crippen LogP contribution in [0.5, 0.6) is 0 Å². The largest absolute Gasteiger partial charge is 0.323 e. The minimum Gasteiger partial charge on any atom is -0.307 e. The number of carbonyl (C=O) groups is 1. The lowest BCUT2D eigenvalue weighted by atomic mass is 10.2. The molecule has 0 atom stereocenters. The molecule has 0 saturated carbocycles. The van der Waals surface area contributed by atoms with E-state index in [9.17, 15) is 4.79 Å². The first-order valence-corrected chi connectivity index (χ1v) is 5.77. The molecule has 0 aliphatic heterocycles. The van der Waals surface area contributed by atoms with Crippen molar-refractivity contribution in [1.82, 2.24) is 10.2 Å². The summed E-state index contributed by atoms with van der Waals surface area (Å²) in [6.45, 7) is 1.99. The number of hydrogen-bond donors (Lipinski definition) is 3. The van der Waals surface area contributed by atoms with E-state index in [1.165, 1.54) is 6.20 Å². The summed E-state index contributed by atoms with van der Waals surface area (Å²) in [5.41, 5.74) is 2.46. The van der Waals surface area contributed by atoms with Crippen LogP contribution in [0.3, 0.4) is 0 Å². The van der Waals surface area contributed by atoms with E-state index >= 15 is 0 Å². The van der Waals surface area contributed by atoms with Gasteiger partial charge in [0.25, 0.3) is 0 Å². The van der Waals surface area contributed by atoms with Crippen molar-refractivity contribution in [2.75, 3.05) is 10.6 Å². The molecule has 2 rings (SSSR count). The van der Waals surface area contributed by atoms with E-state index < -0.39 is 0 Å². The van der Waals surface area contributed by atoms with Crippen molar-refractivity contribution in [2.45, 2.75) is 6.92 Å². The first kappa shape index (κ1) is 11.7. The van der Waals surface area contributed by atoms with Crippen molar-refractivity contribution >= 4 is 33.3 Å². The highest BCUT2D eigenvalue weighted by atomic mass is 79.9. The Morgan fingerprint density at radius 2 is 2.24 bits per heavy atom. The van der Waals surface area contributed by atoms with E-state index in [1.807, 2.05) is 25.1 Å². The Hall–Kier alpha value is -1.82. The van der Waals surface area contributed by atoms with Crippen LogP contribution < -0.4 is 10.6 Å². The first-order chi connectivity index (χ1) is 8.15. The predicted octanol–water partition coefficient (Wildman–Crippen LogP) is 3.12. The predicted molar refractivity (Wildman–Crippen MR) is 70.1 cm³/mol. The normalized spacial score (nSPS) is 10.0. The molecular weight excluding hydrogens is 284 g/mol. The zero-order chi connectivity index (χ0) is 12.3. The summed E-state index contributed by atoms with van der Waals surface area (Å²) in [4.78, 5) is 11.6. The van der Waals surface area contributed by atoms with Gasteiger partial charge in [0.1, 0.15) is 0 Å².